The Hall–Kier alpha value is -4.16. The molecular weight excluding hydrogens is 520 g/mol. The summed E-state index contributed by atoms with van der Waals surface area (Å²) in [6, 6.07) is 29.1. The number of carbonyl (C=O) groups excluding carboxylic acids is 2. The van der Waals surface area contributed by atoms with Gasteiger partial charge in [0.25, 0.3) is 5.91 Å². The number of alkyl halides is 1. The Morgan fingerprint density at radius 2 is 1.57 bits per heavy atom. The second-order valence-electron chi connectivity index (χ2n) is 10.0. The number of amides is 1. The molecule has 0 saturated carbocycles. The van der Waals surface area contributed by atoms with E-state index in [-0.39, 0.29) is 24.0 Å². The summed E-state index contributed by atoms with van der Waals surface area (Å²) in [6.45, 7) is 0.439. The van der Waals surface area contributed by atoms with Crippen LogP contribution in [0.4, 0.5) is 5.69 Å². The van der Waals surface area contributed by atoms with Gasteiger partial charge in [-0.1, -0.05) is 66.7 Å². The van der Waals surface area contributed by atoms with E-state index in [1.54, 1.807) is 6.07 Å². The summed E-state index contributed by atoms with van der Waals surface area (Å²) in [5.74, 6) is 0.197. The minimum Gasteiger partial charge on any atom is -0.386 e. The zero-order chi connectivity index (χ0) is 28.5. The molecular formula is C33H35ClN4O2. The average molecular weight is 555 g/mol. The Balaban J connectivity index is 1.48. The first-order valence-corrected chi connectivity index (χ1v) is 13.9. The molecule has 0 aliphatic rings. The van der Waals surface area contributed by atoms with E-state index in [1.165, 1.54) is 0 Å². The monoisotopic (exact) mass is 554 g/mol. The van der Waals surface area contributed by atoms with Gasteiger partial charge in [-0.3, -0.25) is 14.6 Å². The third-order valence-electron chi connectivity index (χ3n) is 6.84. The van der Waals surface area contributed by atoms with Crippen molar-refractivity contribution < 1.29 is 9.59 Å². The van der Waals surface area contributed by atoms with E-state index in [9.17, 15) is 9.59 Å². The highest BCUT2D eigenvalue weighted by Crippen LogP contribution is 2.23. The highest BCUT2D eigenvalue weighted by atomic mass is 35.5. The first-order valence-electron chi connectivity index (χ1n) is 13.4. The number of nitrogens with one attached hydrogen (secondary N) is 1. The Morgan fingerprint density at radius 3 is 2.27 bits per heavy atom. The summed E-state index contributed by atoms with van der Waals surface area (Å²) in [5.41, 5.74) is 10.4. The van der Waals surface area contributed by atoms with Gasteiger partial charge in [-0.2, -0.15) is 0 Å². The summed E-state index contributed by atoms with van der Waals surface area (Å²) < 4.78 is 0. The van der Waals surface area contributed by atoms with Crippen LogP contribution in [0.1, 0.15) is 28.8 Å². The number of nitrogens with zero attached hydrogens (tertiary/aromatic N) is 2. The molecule has 3 N–H and O–H groups in total. The maximum atomic E-state index is 13.4. The lowest BCUT2D eigenvalue weighted by Crippen LogP contribution is -2.41. The maximum Gasteiger partial charge on any atom is 0.251 e. The van der Waals surface area contributed by atoms with Crippen LogP contribution in [0.3, 0.4) is 0 Å². The topological polar surface area (TPSA) is 87.8 Å². The Kier molecular flexibility index (Phi) is 9.92. The van der Waals surface area contributed by atoms with Crippen molar-refractivity contribution in [3.63, 3.8) is 0 Å². The van der Waals surface area contributed by atoms with E-state index in [0.717, 1.165) is 33.2 Å². The van der Waals surface area contributed by atoms with Crippen LogP contribution in [0.15, 0.2) is 96.0 Å². The van der Waals surface area contributed by atoms with Gasteiger partial charge in [-0.05, 0) is 64.6 Å². The van der Waals surface area contributed by atoms with Crippen LogP contribution in [0, 0.1) is 0 Å². The van der Waals surface area contributed by atoms with E-state index in [4.69, 9.17) is 17.3 Å². The SMILES string of the molecule is CN(C)c1ccc2cc(C(=O)N[C@@H](CCCN=C(N)CCl)C(=O)Cc3ccc(-c4ccccc4)cc3)ccc2c1. The maximum absolute atomic E-state index is 13.4. The van der Waals surface area contributed by atoms with Crippen LogP contribution >= 0.6 is 11.6 Å². The lowest BCUT2D eigenvalue weighted by atomic mass is 9.97. The summed E-state index contributed by atoms with van der Waals surface area (Å²) in [6.07, 6.45) is 1.26. The zero-order valence-corrected chi connectivity index (χ0v) is 23.7. The fourth-order valence-electron chi connectivity index (χ4n) is 4.54. The van der Waals surface area contributed by atoms with E-state index in [1.807, 2.05) is 85.7 Å². The Labute approximate surface area is 240 Å². The molecule has 4 rings (SSSR count). The number of Topliss-reactive ketones (excluding diaryl/α,β-unsaturated/α-hetero) is 1. The molecule has 4 aromatic carbocycles. The summed E-state index contributed by atoms with van der Waals surface area (Å²) in [7, 11) is 3.99. The molecule has 4 aromatic rings. The van der Waals surface area contributed by atoms with Crippen LogP contribution in [0.25, 0.3) is 21.9 Å². The number of aliphatic imine (C=N–C) groups is 1. The van der Waals surface area contributed by atoms with Gasteiger partial charge in [0, 0.05) is 38.3 Å². The van der Waals surface area contributed by atoms with Gasteiger partial charge in [0.15, 0.2) is 5.78 Å². The third kappa shape index (κ3) is 7.70. The number of carbonyl (C=O) groups is 2. The molecule has 0 unspecified atom stereocenters. The number of hydrogen-bond donors (Lipinski definition) is 2. The van der Waals surface area contributed by atoms with Crippen LogP contribution in [-0.2, 0) is 11.2 Å². The number of rotatable bonds is 12. The number of ketones is 1. The molecule has 0 aliphatic carbocycles. The van der Waals surface area contributed by atoms with Crippen molar-refractivity contribution in [3.05, 3.63) is 102 Å². The number of nitrogens with two attached hydrogens (primary N) is 1. The number of hydrogen-bond acceptors (Lipinski definition) is 4. The fourth-order valence-corrected chi connectivity index (χ4v) is 4.62. The number of halogens is 1. The Morgan fingerprint density at radius 1 is 0.900 bits per heavy atom. The fraction of sp³-hybridized carbons (Fsp3) is 0.242. The van der Waals surface area contributed by atoms with Gasteiger partial charge in [-0.15, -0.1) is 11.6 Å². The van der Waals surface area contributed by atoms with Gasteiger partial charge in [-0.25, -0.2) is 0 Å². The summed E-state index contributed by atoms with van der Waals surface area (Å²) >= 11 is 5.72. The van der Waals surface area contributed by atoms with E-state index in [0.29, 0.717) is 30.8 Å². The zero-order valence-electron chi connectivity index (χ0n) is 22.9. The van der Waals surface area contributed by atoms with Gasteiger partial charge < -0.3 is 16.0 Å². The van der Waals surface area contributed by atoms with Gasteiger partial charge in [0.05, 0.1) is 11.9 Å². The number of benzene rings is 4. The second-order valence-corrected chi connectivity index (χ2v) is 10.3. The predicted octanol–water partition coefficient (Wildman–Crippen LogP) is 5.86. The average Bonchev–Trinajstić information content (AvgIpc) is 2.98. The van der Waals surface area contributed by atoms with Crippen LogP contribution < -0.4 is 16.0 Å². The molecule has 0 radical (unpaired) electrons. The molecule has 0 fully saturated rings. The molecule has 0 saturated heterocycles. The van der Waals surface area contributed by atoms with Crippen molar-refractivity contribution in [2.75, 3.05) is 31.4 Å². The number of anilines is 1. The molecule has 0 spiro atoms. The first kappa shape index (κ1) is 28.8. The lowest BCUT2D eigenvalue weighted by molar-refractivity contribution is -0.120. The molecule has 0 bridgehead atoms. The van der Waals surface area contributed by atoms with E-state index < -0.39 is 6.04 Å². The molecule has 7 heteroatoms. The molecule has 40 heavy (non-hydrogen) atoms. The summed E-state index contributed by atoms with van der Waals surface area (Å²) in [5, 5.41) is 4.99. The van der Waals surface area contributed by atoms with Gasteiger partial charge in [0.2, 0.25) is 0 Å². The summed E-state index contributed by atoms with van der Waals surface area (Å²) in [4.78, 5) is 33.0. The quantitative estimate of drug-likeness (QED) is 0.0993. The smallest absolute Gasteiger partial charge is 0.251 e. The van der Waals surface area contributed by atoms with Crippen molar-refractivity contribution in [2.24, 2.45) is 10.7 Å². The standard InChI is InChI=1S/C33H35ClN4O2/c1-38(2)29-17-16-26-20-28(15-14-27(26)21-29)33(40)37-30(9-6-18-36-32(35)22-34)31(39)19-23-10-12-25(13-11-23)24-7-4-3-5-8-24/h3-5,7-8,10-17,20-21,30H,6,9,18-19,22H2,1-2H3,(H2,35,36)(H,37,40)/t30-/m0/s1. The van der Waals surface area contributed by atoms with Crippen LogP contribution in [-0.4, -0.2) is 50.1 Å². The third-order valence-corrected chi connectivity index (χ3v) is 7.11. The van der Waals surface area contributed by atoms with Crippen molar-refractivity contribution in [2.45, 2.75) is 25.3 Å². The van der Waals surface area contributed by atoms with Gasteiger partial charge in [0.1, 0.15) is 5.84 Å². The molecule has 206 valence electrons. The molecule has 0 aliphatic heterocycles. The largest absolute Gasteiger partial charge is 0.386 e. The van der Waals surface area contributed by atoms with Crippen molar-refractivity contribution in [1.29, 1.82) is 0 Å². The molecule has 0 aromatic heterocycles. The van der Waals surface area contributed by atoms with E-state index in [2.05, 4.69) is 28.5 Å². The normalized spacial score (nSPS) is 12.2. The number of fused-ring (bicyclic) bond motifs is 1. The first-order chi connectivity index (χ1) is 19.3. The predicted molar refractivity (Wildman–Crippen MR) is 167 cm³/mol. The molecule has 0 heterocycles. The Bertz CT molecular complexity index is 1480. The minimum absolute atomic E-state index is 0.0495. The van der Waals surface area contributed by atoms with Crippen molar-refractivity contribution >= 4 is 45.6 Å². The highest BCUT2D eigenvalue weighted by Gasteiger charge is 2.22. The molecule has 1 atom stereocenters. The van der Waals surface area contributed by atoms with E-state index >= 15 is 0 Å². The molecule has 1 amide bonds. The van der Waals surface area contributed by atoms with Gasteiger partial charge >= 0.3 is 0 Å². The van der Waals surface area contributed by atoms with Crippen LogP contribution in [0.5, 0.6) is 0 Å². The van der Waals surface area contributed by atoms with Crippen LogP contribution in [0.2, 0.25) is 0 Å². The highest BCUT2D eigenvalue weighted by molar-refractivity contribution is 6.27. The van der Waals surface area contributed by atoms with Crippen molar-refractivity contribution in [1.82, 2.24) is 5.32 Å². The number of amidine groups is 1. The van der Waals surface area contributed by atoms with Crippen molar-refractivity contribution in [3.8, 4) is 11.1 Å². The minimum atomic E-state index is -0.652. The lowest BCUT2D eigenvalue weighted by Gasteiger charge is -2.18. The molecule has 6 nitrogen and oxygen atoms in total. The second kappa shape index (κ2) is 13.8.